The average Bonchev–Trinajstić information content (AvgIpc) is 2.44. The van der Waals surface area contributed by atoms with Crippen LogP contribution < -0.4 is 5.32 Å². The Balaban J connectivity index is 2.78. The number of carboxylic acid groups (broad SMARTS) is 1. The molecule has 0 aliphatic heterocycles. The maximum absolute atomic E-state index is 12.2. The molecule has 1 amide bonds. The first-order chi connectivity index (χ1) is 11.0. The van der Waals surface area contributed by atoms with E-state index in [1.807, 2.05) is 20.8 Å². The molecule has 9 heteroatoms. The summed E-state index contributed by atoms with van der Waals surface area (Å²) in [5.41, 5.74) is -0.718. The summed E-state index contributed by atoms with van der Waals surface area (Å²) < 4.78 is 5.45. The molecule has 1 atom stereocenters. The summed E-state index contributed by atoms with van der Waals surface area (Å²) in [6, 6.07) is 2.18. The standard InChI is InChI=1S/C15H19ClN2O6/c1-15(2,3)24-7-6-12(14(20)21)17-13(19)10-5-4-9(18(22)23)8-11(10)16/h4-5,8,12H,6-7H2,1-3H3,(H,17,19)(H,20,21). The molecule has 0 aliphatic rings. The number of halogens is 1. The van der Waals surface area contributed by atoms with Crippen molar-refractivity contribution in [3.05, 3.63) is 38.9 Å². The van der Waals surface area contributed by atoms with Crippen LogP contribution in [0.3, 0.4) is 0 Å². The molecule has 8 nitrogen and oxygen atoms in total. The zero-order chi connectivity index (χ0) is 18.5. The van der Waals surface area contributed by atoms with Gasteiger partial charge < -0.3 is 15.2 Å². The molecular weight excluding hydrogens is 340 g/mol. The number of non-ortho nitro benzene ring substituents is 1. The Morgan fingerprint density at radius 3 is 2.50 bits per heavy atom. The van der Waals surface area contributed by atoms with Crippen LogP contribution in [-0.2, 0) is 9.53 Å². The van der Waals surface area contributed by atoms with Crippen molar-refractivity contribution in [1.29, 1.82) is 0 Å². The van der Waals surface area contributed by atoms with Crippen LogP contribution in [0.1, 0.15) is 37.6 Å². The Labute approximate surface area is 143 Å². The quantitative estimate of drug-likeness (QED) is 0.571. The molecule has 0 aromatic heterocycles. The van der Waals surface area contributed by atoms with Gasteiger partial charge in [0.1, 0.15) is 6.04 Å². The van der Waals surface area contributed by atoms with Gasteiger partial charge in [-0.1, -0.05) is 11.6 Å². The average molecular weight is 359 g/mol. The van der Waals surface area contributed by atoms with Gasteiger partial charge in [-0.3, -0.25) is 14.9 Å². The molecule has 0 aliphatic carbocycles. The molecule has 1 aromatic rings. The second-order valence-corrected chi connectivity index (χ2v) is 6.44. The Bertz CT molecular complexity index is 641. The van der Waals surface area contributed by atoms with Crippen LogP contribution in [0.15, 0.2) is 18.2 Å². The minimum Gasteiger partial charge on any atom is -0.480 e. The van der Waals surface area contributed by atoms with Crippen molar-refractivity contribution < 1.29 is 24.4 Å². The molecule has 2 N–H and O–H groups in total. The van der Waals surface area contributed by atoms with Crippen LogP contribution >= 0.6 is 11.6 Å². The van der Waals surface area contributed by atoms with E-state index in [0.717, 1.165) is 12.1 Å². The highest BCUT2D eigenvalue weighted by atomic mass is 35.5. The molecule has 0 saturated heterocycles. The number of carboxylic acids is 1. The Morgan fingerprint density at radius 2 is 2.04 bits per heavy atom. The number of benzene rings is 1. The minimum absolute atomic E-state index is 0.0368. The van der Waals surface area contributed by atoms with Crippen LogP contribution in [0.4, 0.5) is 5.69 Å². The lowest BCUT2D eigenvalue weighted by Crippen LogP contribution is -2.42. The van der Waals surface area contributed by atoms with Crippen LogP contribution in [0.25, 0.3) is 0 Å². The van der Waals surface area contributed by atoms with E-state index in [4.69, 9.17) is 16.3 Å². The molecule has 1 aromatic carbocycles. The van der Waals surface area contributed by atoms with Gasteiger partial charge >= 0.3 is 5.97 Å². The van der Waals surface area contributed by atoms with Crippen molar-refractivity contribution in [3.63, 3.8) is 0 Å². The number of carbonyl (C=O) groups excluding carboxylic acids is 1. The monoisotopic (exact) mass is 358 g/mol. The summed E-state index contributed by atoms with van der Waals surface area (Å²) in [5, 5.41) is 22.1. The second kappa shape index (κ2) is 8.07. The fraction of sp³-hybridized carbons (Fsp3) is 0.467. The molecule has 0 bridgehead atoms. The first kappa shape index (κ1) is 19.9. The van der Waals surface area contributed by atoms with Gasteiger partial charge in [0.05, 0.1) is 21.1 Å². The van der Waals surface area contributed by atoms with Crippen molar-refractivity contribution in [2.75, 3.05) is 6.61 Å². The third-order valence-electron chi connectivity index (χ3n) is 2.95. The molecule has 0 fully saturated rings. The smallest absolute Gasteiger partial charge is 0.326 e. The number of hydrogen-bond donors (Lipinski definition) is 2. The van der Waals surface area contributed by atoms with Gasteiger partial charge in [0.25, 0.3) is 11.6 Å². The van der Waals surface area contributed by atoms with Crippen LogP contribution in [0.2, 0.25) is 5.02 Å². The van der Waals surface area contributed by atoms with E-state index in [0.29, 0.717) is 0 Å². The summed E-state index contributed by atoms with van der Waals surface area (Å²) in [5.74, 6) is -1.93. The molecule has 132 valence electrons. The van der Waals surface area contributed by atoms with Gasteiger partial charge in [0, 0.05) is 25.2 Å². The molecule has 0 spiro atoms. The van der Waals surface area contributed by atoms with Gasteiger partial charge in [-0.15, -0.1) is 0 Å². The largest absolute Gasteiger partial charge is 0.480 e. The Kier molecular flexibility index (Phi) is 6.68. The van der Waals surface area contributed by atoms with Crippen molar-refractivity contribution in [3.8, 4) is 0 Å². The van der Waals surface area contributed by atoms with Crippen LogP contribution in [0, 0.1) is 10.1 Å². The number of nitro benzene ring substituents is 1. The molecule has 24 heavy (non-hydrogen) atoms. The summed E-state index contributed by atoms with van der Waals surface area (Å²) in [6.07, 6.45) is 0.0724. The number of aliphatic carboxylic acids is 1. The highest BCUT2D eigenvalue weighted by molar-refractivity contribution is 6.34. The predicted octanol–water partition coefficient (Wildman–Crippen LogP) is 2.64. The number of carbonyl (C=O) groups is 2. The van der Waals surface area contributed by atoms with E-state index in [-0.39, 0.29) is 29.3 Å². The molecule has 0 heterocycles. The van der Waals surface area contributed by atoms with Crippen molar-refractivity contribution in [2.45, 2.75) is 38.8 Å². The van der Waals surface area contributed by atoms with E-state index >= 15 is 0 Å². The third-order valence-corrected chi connectivity index (χ3v) is 3.27. The van der Waals surface area contributed by atoms with E-state index in [1.54, 1.807) is 0 Å². The summed E-state index contributed by atoms with van der Waals surface area (Å²) in [4.78, 5) is 33.4. The summed E-state index contributed by atoms with van der Waals surface area (Å²) in [6.45, 7) is 5.64. The van der Waals surface area contributed by atoms with Gasteiger partial charge in [-0.25, -0.2) is 4.79 Å². The maximum atomic E-state index is 12.2. The van der Waals surface area contributed by atoms with Crippen molar-refractivity contribution >= 4 is 29.2 Å². The van der Waals surface area contributed by atoms with Gasteiger partial charge in [0.15, 0.2) is 0 Å². The number of nitrogens with one attached hydrogen (secondary N) is 1. The lowest BCUT2D eigenvalue weighted by Gasteiger charge is -2.21. The lowest BCUT2D eigenvalue weighted by molar-refractivity contribution is -0.384. The SMILES string of the molecule is CC(C)(C)OCCC(NC(=O)c1ccc([N+](=O)[O-])cc1Cl)C(=O)O. The Morgan fingerprint density at radius 1 is 1.42 bits per heavy atom. The van der Waals surface area contributed by atoms with Crippen LogP contribution in [0.5, 0.6) is 0 Å². The lowest BCUT2D eigenvalue weighted by atomic mass is 10.1. The number of ether oxygens (including phenoxy) is 1. The highest BCUT2D eigenvalue weighted by Gasteiger charge is 2.23. The molecule has 1 rings (SSSR count). The van der Waals surface area contributed by atoms with Crippen LogP contribution in [-0.4, -0.2) is 40.2 Å². The van der Waals surface area contributed by atoms with Gasteiger partial charge in [-0.05, 0) is 26.8 Å². The normalized spacial score (nSPS) is 12.5. The maximum Gasteiger partial charge on any atom is 0.326 e. The fourth-order valence-corrected chi connectivity index (χ4v) is 2.04. The first-order valence-corrected chi connectivity index (χ1v) is 7.50. The number of rotatable bonds is 7. The second-order valence-electron chi connectivity index (χ2n) is 6.04. The molecule has 0 radical (unpaired) electrons. The predicted molar refractivity (Wildman–Crippen MR) is 87.3 cm³/mol. The first-order valence-electron chi connectivity index (χ1n) is 7.13. The van der Waals surface area contributed by atoms with E-state index in [2.05, 4.69) is 5.32 Å². The molecular formula is C15H19ClN2O6. The fourth-order valence-electron chi connectivity index (χ4n) is 1.78. The number of hydrogen-bond acceptors (Lipinski definition) is 5. The zero-order valence-electron chi connectivity index (χ0n) is 13.5. The van der Waals surface area contributed by atoms with Crippen molar-refractivity contribution in [2.24, 2.45) is 0 Å². The van der Waals surface area contributed by atoms with E-state index in [1.165, 1.54) is 6.07 Å². The van der Waals surface area contributed by atoms with E-state index in [9.17, 15) is 24.8 Å². The summed E-state index contributed by atoms with van der Waals surface area (Å²) in [7, 11) is 0. The zero-order valence-corrected chi connectivity index (χ0v) is 14.3. The van der Waals surface area contributed by atoms with Gasteiger partial charge in [0.2, 0.25) is 0 Å². The number of nitrogens with zero attached hydrogens (tertiary/aromatic N) is 1. The topological polar surface area (TPSA) is 119 Å². The van der Waals surface area contributed by atoms with Crippen molar-refractivity contribution in [1.82, 2.24) is 5.32 Å². The molecule has 0 saturated carbocycles. The summed E-state index contributed by atoms with van der Waals surface area (Å²) >= 11 is 5.86. The molecule has 1 unspecified atom stereocenters. The highest BCUT2D eigenvalue weighted by Crippen LogP contribution is 2.22. The number of nitro groups is 1. The number of amides is 1. The van der Waals surface area contributed by atoms with Gasteiger partial charge in [-0.2, -0.15) is 0 Å². The Hall–Kier alpha value is -2.19. The third kappa shape index (κ3) is 6.13. The minimum atomic E-state index is -1.21. The van der Waals surface area contributed by atoms with E-state index < -0.39 is 28.4 Å².